The van der Waals surface area contributed by atoms with Gasteiger partial charge in [-0.15, -0.1) is 0 Å². The zero-order valence-corrected chi connectivity index (χ0v) is 13.6. The van der Waals surface area contributed by atoms with Gasteiger partial charge in [0.1, 0.15) is 6.61 Å². The maximum Gasteiger partial charge on any atom is 0.417 e. The van der Waals surface area contributed by atoms with Crippen LogP contribution < -0.4 is 0 Å². The summed E-state index contributed by atoms with van der Waals surface area (Å²) in [6.07, 6.45) is 3.51. The summed E-state index contributed by atoms with van der Waals surface area (Å²) >= 11 is 0. The Morgan fingerprint density at radius 3 is 2.71 bits per heavy atom. The molecule has 1 atom stereocenters. The molecule has 0 N–H and O–H groups in total. The lowest BCUT2D eigenvalue weighted by atomic mass is 10.1. The van der Waals surface area contributed by atoms with Crippen molar-refractivity contribution in [2.24, 2.45) is 0 Å². The lowest BCUT2D eigenvalue weighted by molar-refractivity contribution is -0.138. The number of benzene rings is 1. The molecule has 1 aromatic rings. The van der Waals surface area contributed by atoms with Crippen molar-refractivity contribution in [1.82, 2.24) is 4.90 Å². The Kier molecular flexibility index (Phi) is 4.97. The van der Waals surface area contributed by atoms with Crippen LogP contribution in [0.5, 0.6) is 0 Å². The third-order valence-corrected chi connectivity index (χ3v) is 4.16. The van der Waals surface area contributed by atoms with Gasteiger partial charge in [0.15, 0.2) is 5.79 Å². The molecule has 2 fully saturated rings. The molecule has 0 bridgehead atoms. The number of nitrogens with zero attached hydrogens (tertiary/aromatic N) is 1. The number of carbonyl (C=O) groups is 2. The van der Waals surface area contributed by atoms with Crippen molar-refractivity contribution in [1.29, 1.82) is 0 Å². The maximum atomic E-state index is 12.4. The fourth-order valence-corrected chi connectivity index (χ4v) is 2.90. The minimum absolute atomic E-state index is 0.219. The standard InChI is InChI=1S/C18H21NO5/c1-18(23-10-11-24-18)9-5-8-16(20)19-15(13-22-17(19)21)12-14-6-3-2-4-7-14/h2-8,15H,9-13H2,1H3/b8-5+/t15-/m1/s1. The summed E-state index contributed by atoms with van der Waals surface area (Å²) in [6, 6.07) is 9.45. The number of imide groups is 1. The van der Waals surface area contributed by atoms with Gasteiger partial charge in [-0.2, -0.15) is 0 Å². The number of hydrogen-bond acceptors (Lipinski definition) is 5. The van der Waals surface area contributed by atoms with E-state index in [1.54, 1.807) is 6.08 Å². The fourth-order valence-electron chi connectivity index (χ4n) is 2.90. The van der Waals surface area contributed by atoms with Crippen molar-refractivity contribution in [3.63, 3.8) is 0 Å². The highest BCUT2D eigenvalue weighted by Crippen LogP contribution is 2.23. The number of amides is 2. The fraction of sp³-hybridized carbons (Fsp3) is 0.444. The minimum atomic E-state index is -0.689. The van der Waals surface area contributed by atoms with Crippen molar-refractivity contribution in [3.8, 4) is 0 Å². The smallest absolute Gasteiger partial charge is 0.417 e. The number of ether oxygens (including phenoxy) is 3. The normalized spacial score (nSPS) is 23.0. The van der Waals surface area contributed by atoms with Gasteiger partial charge in [-0.05, 0) is 25.0 Å². The molecule has 1 aromatic carbocycles. The molecular weight excluding hydrogens is 310 g/mol. The Balaban J connectivity index is 1.62. The summed E-state index contributed by atoms with van der Waals surface area (Å²) < 4.78 is 16.0. The number of hydrogen-bond donors (Lipinski definition) is 0. The molecule has 2 amide bonds. The topological polar surface area (TPSA) is 65.1 Å². The second-order valence-electron chi connectivity index (χ2n) is 6.07. The van der Waals surface area contributed by atoms with E-state index in [9.17, 15) is 9.59 Å². The van der Waals surface area contributed by atoms with Crippen LogP contribution in [0.15, 0.2) is 42.5 Å². The quantitative estimate of drug-likeness (QED) is 0.775. The van der Waals surface area contributed by atoms with Gasteiger partial charge in [-0.1, -0.05) is 36.4 Å². The molecule has 128 valence electrons. The van der Waals surface area contributed by atoms with Crippen LogP contribution in [0.3, 0.4) is 0 Å². The van der Waals surface area contributed by atoms with Gasteiger partial charge in [-0.3, -0.25) is 4.79 Å². The zero-order valence-electron chi connectivity index (χ0n) is 13.6. The third kappa shape index (κ3) is 3.83. The molecule has 0 radical (unpaired) electrons. The molecule has 2 heterocycles. The van der Waals surface area contributed by atoms with Crippen LogP contribution in [0.2, 0.25) is 0 Å². The lowest BCUT2D eigenvalue weighted by Crippen LogP contribution is -2.39. The molecule has 2 aliphatic heterocycles. The van der Waals surface area contributed by atoms with Crippen LogP contribution >= 0.6 is 0 Å². The van der Waals surface area contributed by atoms with E-state index < -0.39 is 11.9 Å². The van der Waals surface area contributed by atoms with E-state index in [-0.39, 0.29) is 18.6 Å². The SMILES string of the molecule is CC1(C/C=C/C(=O)N2C(=O)OC[C@H]2Cc2ccccc2)OCCO1. The first-order valence-electron chi connectivity index (χ1n) is 8.06. The van der Waals surface area contributed by atoms with Crippen molar-refractivity contribution >= 4 is 12.0 Å². The van der Waals surface area contributed by atoms with Crippen LogP contribution in [-0.2, 0) is 25.4 Å². The summed E-state index contributed by atoms with van der Waals surface area (Å²) in [6.45, 7) is 3.15. The van der Waals surface area contributed by atoms with Crippen LogP contribution in [-0.4, -0.2) is 48.5 Å². The van der Waals surface area contributed by atoms with Gasteiger partial charge in [0.2, 0.25) is 0 Å². The molecule has 3 rings (SSSR count). The number of cyclic esters (lactones) is 1. The number of rotatable bonds is 5. The highest BCUT2D eigenvalue weighted by molar-refractivity contribution is 5.99. The summed E-state index contributed by atoms with van der Waals surface area (Å²) in [7, 11) is 0. The predicted octanol–water partition coefficient (Wildman–Crippen LogP) is 2.29. The van der Waals surface area contributed by atoms with Crippen molar-refractivity contribution < 1.29 is 23.8 Å². The van der Waals surface area contributed by atoms with E-state index in [0.29, 0.717) is 26.1 Å². The third-order valence-electron chi connectivity index (χ3n) is 4.16. The van der Waals surface area contributed by atoms with Crippen LogP contribution in [0.1, 0.15) is 18.9 Å². The van der Waals surface area contributed by atoms with E-state index in [4.69, 9.17) is 14.2 Å². The van der Waals surface area contributed by atoms with Gasteiger partial charge < -0.3 is 14.2 Å². The first-order valence-corrected chi connectivity index (χ1v) is 8.06. The summed E-state index contributed by atoms with van der Waals surface area (Å²) in [5.41, 5.74) is 1.06. The van der Waals surface area contributed by atoms with Crippen LogP contribution in [0, 0.1) is 0 Å². The Bertz CT molecular complexity index is 622. The summed E-state index contributed by atoms with van der Waals surface area (Å²) in [5.74, 6) is -1.06. The zero-order chi connectivity index (χ0) is 17.0. The minimum Gasteiger partial charge on any atom is -0.447 e. The Hall–Kier alpha value is -2.18. The monoisotopic (exact) mass is 331 g/mol. The second kappa shape index (κ2) is 7.15. The molecule has 0 saturated carbocycles. The van der Waals surface area contributed by atoms with Crippen LogP contribution in [0.4, 0.5) is 4.79 Å². The van der Waals surface area contributed by atoms with Gasteiger partial charge >= 0.3 is 6.09 Å². The molecule has 2 saturated heterocycles. The molecule has 2 aliphatic rings. The van der Waals surface area contributed by atoms with E-state index in [2.05, 4.69) is 0 Å². The van der Waals surface area contributed by atoms with E-state index >= 15 is 0 Å². The molecule has 0 aliphatic carbocycles. The van der Waals surface area contributed by atoms with Gasteiger partial charge in [0.05, 0.1) is 19.3 Å². The largest absolute Gasteiger partial charge is 0.447 e. The van der Waals surface area contributed by atoms with Crippen LogP contribution in [0.25, 0.3) is 0 Å². The molecule has 0 unspecified atom stereocenters. The van der Waals surface area contributed by atoms with Crippen molar-refractivity contribution in [3.05, 3.63) is 48.0 Å². The van der Waals surface area contributed by atoms with Gasteiger partial charge in [0, 0.05) is 6.42 Å². The lowest BCUT2D eigenvalue weighted by Gasteiger charge is -2.20. The average Bonchev–Trinajstić information content (AvgIpc) is 3.15. The van der Waals surface area contributed by atoms with Crippen molar-refractivity contribution in [2.75, 3.05) is 19.8 Å². The molecular formula is C18H21NO5. The van der Waals surface area contributed by atoms with E-state index in [1.165, 1.54) is 11.0 Å². The predicted molar refractivity (Wildman–Crippen MR) is 86.2 cm³/mol. The molecule has 24 heavy (non-hydrogen) atoms. The van der Waals surface area contributed by atoms with Gasteiger partial charge in [0.25, 0.3) is 5.91 Å². The number of carbonyl (C=O) groups excluding carboxylic acids is 2. The molecule has 0 aromatic heterocycles. The Morgan fingerprint density at radius 1 is 1.29 bits per heavy atom. The van der Waals surface area contributed by atoms with E-state index in [1.807, 2.05) is 37.3 Å². The molecule has 6 heteroatoms. The Labute approximate surface area is 141 Å². The second-order valence-corrected chi connectivity index (χ2v) is 6.07. The highest BCUT2D eigenvalue weighted by Gasteiger charge is 2.37. The average molecular weight is 331 g/mol. The first kappa shape index (κ1) is 16.7. The maximum absolute atomic E-state index is 12.4. The molecule has 6 nitrogen and oxygen atoms in total. The Morgan fingerprint density at radius 2 is 2.00 bits per heavy atom. The van der Waals surface area contributed by atoms with Crippen molar-refractivity contribution in [2.45, 2.75) is 31.6 Å². The highest BCUT2D eigenvalue weighted by atomic mass is 16.7. The first-order chi connectivity index (χ1) is 11.6. The summed E-state index contributed by atoms with van der Waals surface area (Å²) in [4.78, 5) is 25.5. The summed E-state index contributed by atoms with van der Waals surface area (Å²) in [5, 5.41) is 0. The molecule has 0 spiro atoms. The van der Waals surface area contributed by atoms with E-state index in [0.717, 1.165) is 5.56 Å². The van der Waals surface area contributed by atoms with Gasteiger partial charge in [-0.25, -0.2) is 9.69 Å².